The normalized spacial score (nSPS) is 13.8. The molecule has 0 aromatic heterocycles. The summed E-state index contributed by atoms with van der Waals surface area (Å²) in [6.07, 6.45) is 1.79. The van der Waals surface area contributed by atoms with Crippen LogP contribution in [0.5, 0.6) is 0 Å². The minimum atomic E-state index is -0.751. The van der Waals surface area contributed by atoms with E-state index in [4.69, 9.17) is 5.73 Å². The molecule has 0 radical (unpaired) electrons. The molecule has 6 N–H and O–H groups in total. The molecule has 0 fully saturated rings. The summed E-state index contributed by atoms with van der Waals surface area (Å²) in [6.45, 7) is 16.8. The highest BCUT2D eigenvalue weighted by atomic mass is 16.2. The topological polar surface area (TPSA) is 125 Å². The van der Waals surface area contributed by atoms with Gasteiger partial charge in [0.25, 0.3) is 0 Å². The molecule has 192 valence electrons. The van der Waals surface area contributed by atoms with Gasteiger partial charge in [-0.15, -0.1) is 0 Å². The molecule has 0 heterocycles. The number of hydrogen-bond donors (Lipinski definition) is 5. The Morgan fingerprint density at radius 3 is 2.00 bits per heavy atom. The van der Waals surface area contributed by atoms with E-state index in [0.29, 0.717) is 25.1 Å². The summed E-state index contributed by atoms with van der Waals surface area (Å²) in [6, 6.07) is 5.96. The Labute approximate surface area is 205 Å². The van der Waals surface area contributed by atoms with Crippen LogP contribution in [-0.4, -0.2) is 42.0 Å². The Kier molecular flexibility index (Phi) is 11.0. The van der Waals surface area contributed by atoms with E-state index >= 15 is 0 Å². The third kappa shape index (κ3) is 12.0. The monoisotopic (exact) mass is 475 g/mol. The highest BCUT2D eigenvalue weighted by Gasteiger charge is 2.30. The van der Waals surface area contributed by atoms with E-state index in [1.807, 2.05) is 58.9 Å². The molecule has 0 saturated carbocycles. The molecule has 4 amide bonds. The lowest BCUT2D eigenvalue weighted by molar-refractivity contribution is -0.129. The van der Waals surface area contributed by atoms with Gasteiger partial charge < -0.3 is 27.0 Å². The first kappa shape index (κ1) is 29.4. The van der Waals surface area contributed by atoms with Gasteiger partial charge in [-0.3, -0.25) is 9.59 Å². The number of urea groups is 1. The van der Waals surface area contributed by atoms with Crippen molar-refractivity contribution in [2.75, 3.05) is 11.9 Å². The van der Waals surface area contributed by atoms with Gasteiger partial charge in [0.15, 0.2) is 0 Å². The molecule has 0 spiro atoms. The van der Waals surface area contributed by atoms with Crippen molar-refractivity contribution in [1.29, 1.82) is 0 Å². The van der Waals surface area contributed by atoms with Crippen LogP contribution in [0.1, 0.15) is 73.8 Å². The number of rotatable bonds is 11. The summed E-state index contributed by atoms with van der Waals surface area (Å²) in [5.41, 5.74) is 6.91. The molecule has 34 heavy (non-hydrogen) atoms. The largest absolute Gasteiger partial charge is 0.352 e. The molecule has 0 unspecified atom stereocenters. The van der Waals surface area contributed by atoms with Crippen molar-refractivity contribution in [2.24, 2.45) is 17.1 Å². The first-order valence-corrected chi connectivity index (χ1v) is 12.1. The number of nitrogens with two attached hydrogens (primary N) is 1. The fourth-order valence-electron chi connectivity index (χ4n) is 3.60. The summed E-state index contributed by atoms with van der Waals surface area (Å²) in [7, 11) is 0. The maximum Gasteiger partial charge on any atom is 0.312 e. The lowest BCUT2D eigenvalue weighted by Crippen LogP contribution is -2.57. The van der Waals surface area contributed by atoms with E-state index in [-0.39, 0.29) is 28.7 Å². The minimum absolute atomic E-state index is 0.0369. The lowest BCUT2D eigenvalue weighted by Gasteiger charge is -2.31. The maximum atomic E-state index is 13.1. The standard InChI is InChI=1S/C26H45N5O3/c1-17(2)21(31-26(6,7)8)23(33)30-20(10-9-15-28-24(27)34)22(32)29-19-13-11-18(12-14-19)16-25(3,4)5/h11-14,17,20-21,31H,9-10,15-16H2,1-8H3,(H,29,32)(H,30,33)(H3,27,28,34)/t20-,21-/m0/s1. The Bertz CT molecular complexity index is 807. The molecule has 0 saturated heterocycles. The van der Waals surface area contributed by atoms with Gasteiger partial charge >= 0.3 is 6.03 Å². The average Bonchev–Trinajstić information content (AvgIpc) is 2.67. The van der Waals surface area contributed by atoms with Crippen LogP contribution < -0.4 is 27.0 Å². The first-order valence-electron chi connectivity index (χ1n) is 12.1. The number of hydrogen-bond acceptors (Lipinski definition) is 4. The number of amides is 4. The van der Waals surface area contributed by atoms with Crippen LogP contribution in [0.25, 0.3) is 0 Å². The fourth-order valence-corrected chi connectivity index (χ4v) is 3.60. The zero-order valence-electron chi connectivity index (χ0n) is 22.2. The number of nitrogens with one attached hydrogen (secondary N) is 4. The van der Waals surface area contributed by atoms with Crippen LogP contribution in [-0.2, 0) is 16.0 Å². The van der Waals surface area contributed by atoms with Crippen molar-refractivity contribution >= 4 is 23.5 Å². The fraction of sp³-hybridized carbons (Fsp3) is 0.654. The number of anilines is 1. The number of benzene rings is 1. The zero-order chi connectivity index (χ0) is 26.1. The Balaban J connectivity index is 2.93. The van der Waals surface area contributed by atoms with Gasteiger partial charge in [-0.25, -0.2) is 4.79 Å². The Morgan fingerprint density at radius 2 is 1.53 bits per heavy atom. The molecule has 1 aromatic rings. The van der Waals surface area contributed by atoms with E-state index in [2.05, 4.69) is 42.0 Å². The van der Waals surface area contributed by atoms with Gasteiger partial charge in [-0.1, -0.05) is 46.8 Å². The van der Waals surface area contributed by atoms with Gasteiger partial charge in [0.1, 0.15) is 6.04 Å². The summed E-state index contributed by atoms with van der Waals surface area (Å²) in [5.74, 6) is -0.488. The van der Waals surface area contributed by atoms with Crippen LogP contribution in [0.3, 0.4) is 0 Å². The second-order valence-corrected chi connectivity index (χ2v) is 11.5. The van der Waals surface area contributed by atoms with Gasteiger partial charge in [0.05, 0.1) is 6.04 Å². The van der Waals surface area contributed by atoms with E-state index in [9.17, 15) is 14.4 Å². The molecule has 8 nitrogen and oxygen atoms in total. The molecule has 1 aromatic carbocycles. The SMILES string of the molecule is CC(C)[C@H](NC(C)(C)C)C(=O)N[C@@H](CCCNC(N)=O)C(=O)Nc1ccc(CC(C)(C)C)cc1. The molecular formula is C26H45N5O3. The molecule has 0 bridgehead atoms. The van der Waals surface area contributed by atoms with E-state index in [1.54, 1.807) is 0 Å². The zero-order valence-corrected chi connectivity index (χ0v) is 22.2. The third-order valence-electron chi connectivity index (χ3n) is 5.10. The lowest BCUT2D eigenvalue weighted by atomic mass is 9.88. The van der Waals surface area contributed by atoms with E-state index < -0.39 is 18.1 Å². The average molecular weight is 476 g/mol. The van der Waals surface area contributed by atoms with Gasteiger partial charge in [0.2, 0.25) is 11.8 Å². The molecule has 2 atom stereocenters. The summed E-state index contributed by atoms with van der Waals surface area (Å²) < 4.78 is 0. The molecule has 0 aliphatic heterocycles. The molecule has 8 heteroatoms. The first-order chi connectivity index (χ1) is 15.6. The predicted molar refractivity (Wildman–Crippen MR) is 138 cm³/mol. The van der Waals surface area contributed by atoms with Crippen molar-refractivity contribution in [2.45, 2.75) is 92.3 Å². The van der Waals surface area contributed by atoms with Gasteiger partial charge in [-0.05, 0) is 69.1 Å². The third-order valence-corrected chi connectivity index (χ3v) is 5.10. The molecule has 0 aliphatic carbocycles. The van der Waals surface area contributed by atoms with Crippen molar-refractivity contribution in [1.82, 2.24) is 16.0 Å². The smallest absolute Gasteiger partial charge is 0.312 e. The number of primary amides is 1. The quantitative estimate of drug-likeness (QED) is 0.314. The molecule has 0 aliphatic rings. The van der Waals surface area contributed by atoms with Gasteiger partial charge in [0, 0.05) is 17.8 Å². The second-order valence-electron chi connectivity index (χ2n) is 11.5. The van der Waals surface area contributed by atoms with Crippen LogP contribution in [0.15, 0.2) is 24.3 Å². The Hall–Kier alpha value is -2.61. The van der Waals surface area contributed by atoms with E-state index in [0.717, 1.165) is 6.42 Å². The van der Waals surface area contributed by atoms with Crippen molar-refractivity contribution < 1.29 is 14.4 Å². The van der Waals surface area contributed by atoms with Crippen molar-refractivity contribution in [3.05, 3.63) is 29.8 Å². The summed E-state index contributed by atoms with van der Waals surface area (Å²) in [5, 5.41) is 11.7. The van der Waals surface area contributed by atoms with Crippen LogP contribution >= 0.6 is 0 Å². The van der Waals surface area contributed by atoms with Crippen molar-refractivity contribution in [3.63, 3.8) is 0 Å². The number of carbonyl (C=O) groups excluding carboxylic acids is 3. The van der Waals surface area contributed by atoms with Crippen LogP contribution in [0, 0.1) is 11.3 Å². The van der Waals surface area contributed by atoms with Crippen LogP contribution in [0.2, 0.25) is 0 Å². The maximum absolute atomic E-state index is 13.1. The second kappa shape index (κ2) is 12.7. The van der Waals surface area contributed by atoms with E-state index in [1.165, 1.54) is 5.56 Å². The molecule has 1 rings (SSSR count). The summed E-state index contributed by atoms with van der Waals surface area (Å²) in [4.78, 5) is 37.2. The van der Waals surface area contributed by atoms with Crippen LogP contribution in [0.4, 0.5) is 10.5 Å². The Morgan fingerprint density at radius 1 is 0.941 bits per heavy atom. The van der Waals surface area contributed by atoms with Crippen molar-refractivity contribution in [3.8, 4) is 0 Å². The number of carbonyl (C=O) groups is 3. The molecular weight excluding hydrogens is 430 g/mol. The van der Waals surface area contributed by atoms with Gasteiger partial charge in [-0.2, -0.15) is 0 Å². The minimum Gasteiger partial charge on any atom is -0.352 e. The summed E-state index contributed by atoms with van der Waals surface area (Å²) >= 11 is 0. The highest BCUT2D eigenvalue weighted by molar-refractivity contribution is 5.97. The predicted octanol–water partition coefficient (Wildman–Crippen LogP) is 3.56. The highest BCUT2D eigenvalue weighted by Crippen LogP contribution is 2.22.